The lowest BCUT2D eigenvalue weighted by Crippen LogP contribution is -2.02. The molecule has 0 amide bonds. The van der Waals surface area contributed by atoms with Gasteiger partial charge in [-0.15, -0.1) is 0 Å². The number of aryl methyl sites for hydroxylation is 1. The number of aromatic carboxylic acids is 1. The van der Waals surface area contributed by atoms with E-state index in [-0.39, 0.29) is 21.4 Å². The lowest BCUT2D eigenvalue weighted by atomic mass is 10.0. The van der Waals surface area contributed by atoms with Crippen LogP contribution in [0.3, 0.4) is 0 Å². The van der Waals surface area contributed by atoms with Crippen LogP contribution in [0.4, 0.5) is 0 Å². The summed E-state index contributed by atoms with van der Waals surface area (Å²) in [6.45, 7) is 1.44. The van der Waals surface area contributed by atoms with Gasteiger partial charge in [-0.25, -0.2) is 4.79 Å². The number of aromatic hydroxyl groups is 1. The zero-order chi connectivity index (χ0) is 14.4. The highest BCUT2D eigenvalue weighted by Gasteiger charge is 2.23. The Kier molecular flexibility index (Phi) is 3.15. The predicted molar refractivity (Wildman–Crippen MR) is 71.1 cm³/mol. The van der Waals surface area contributed by atoms with Crippen LogP contribution in [0.5, 0.6) is 5.75 Å². The van der Waals surface area contributed by atoms with E-state index >= 15 is 0 Å². The second kappa shape index (κ2) is 4.39. The molecule has 0 aromatic heterocycles. The molecule has 0 saturated carbocycles. The number of hydrogen-bond donors (Lipinski definition) is 5. The van der Waals surface area contributed by atoms with Gasteiger partial charge in [-0.1, -0.05) is 12.1 Å². The Morgan fingerprint density at radius 2 is 1.84 bits per heavy atom. The van der Waals surface area contributed by atoms with E-state index in [9.17, 15) is 23.6 Å². The summed E-state index contributed by atoms with van der Waals surface area (Å²) in [4.78, 5) is 10.9. The molecule has 0 aliphatic heterocycles. The fraction of sp³-hybridized carbons (Fsp3) is 0.0833. The van der Waals surface area contributed by atoms with Crippen molar-refractivity contribution in [1.29, 1.82) is 0 Å². The molecule has 0 heterocycles. The van der Waals surface area contributed by atoms with Gasteiger partial charge >= 0.3 is 5.97 Å². The van der Waals surface area contributed by atoms with Crippen LogP contribution in [0.15, 0.2) is 29.2 Å². The third-order valence-corrected chi connectivity index (χ3v) is 3.80. The molecule has 2 aromatic rings. The van der Waals surface area contributed by atoms with Crippen molar-refractivity contribution in [2.24, 2.45) is 0 Å². The first kappa shape index (κ1) is 13.6. The number of carboxylic acid groups (broad SMARTS) is 1. The van der Waals surface area contributed by atoms with Crippen molar-refractivity contribution in [2.75, 3.05) is 0 Å². The minimum absolute atomic E-state index is 0.144. The topological polar surface area (TPSA) is 118 Å². The maximum atomic E-state index is 11.0. The van der Waals surface area contributed by atoms with Crippen LogP contribution in [0, 0.1) is 6.92 Å². The molecule has 102 valence electrons. The summed E-state index contributed by atoms with van der Waals surface area (Å²) in [5, 5.41) is 19.4. The average Bonchev–Trinajstić information content (AvgIpc) is 2.31. The van der Waals surface area contributed by atoms with Gasteiger partial charge < -0.3 is 23.9 Å². The van der Waals surface area contributed by atoms with Crippen molar-refractivity contribution in [3.8, 4) is 5.75 Å². The smallest absolute Gasteiger partial charge is 0.339 e. The lowest BCUT2D eigenvalue weighted by Gasteiger charge is -2.22. The molecule has 0 radical (unpaired) electrons. The summed E-state index contributed by atoms with van der Waals surface area (Å²) in [5.74, 6) is -1.75. The molecule has 0 aliphatic carbocycles. The van der Waals surface area contributed by atoms with Crippen LogP contribution in [-0.2, 0) is 0 Å². The number of carboxylic acids is 1. The molecule has 19 heavy (non-hydrogen) atoms. The first-order chi connectivity index (χ1) is 8.73. The molecular weight excluding hydrogens is 272 g/mol. The van der Waals surface area contributed by atoms with Crippen LogP contribution >= 0.6 is 10.9 Å². The lowest BCUT2D eigenvalue weighted by molar-refractivity contribution is 0.0693. The Balaban J connectivity index is 2.93. The van der Waals surface area contributed by atoms with E-state index in [1.54, 1.807) is 6.07 Å². The molecule has 0 saturated heterocycles. The second-order valence-electron chi connectivity index (χ2n) is 4.08. The number of carbonyl (C=O) groups is 1. The van der Waals surface area contributed by atoms with Crippen molar-refractivity contribution in [3.63, 3.8) is 0 Å². The molecule has 6 nitrogen and oxygen atoms in total. The molecule has 0 atom stereocenters. The van der Waals surface area contributed by atoms with Gasteiger partial charge in [0.15, 0.2) is 0 Å². The maximum absolute atomic E-state index is 11.0. The summed E-state index contributed by atoms with van der Waals surface area (Å²) >= 11 is 0. The molecule has 7 heteroatoms. The van der Waals surface area contributed by atoms with Crippen LogP contribution in [0.2, 0.25) is 0 Å². The zero-order valence-corrected chi connectivity index (χ0v) is 10.7. The van der Waals surface area contributed by atoms with Crippen molar-refractivity contribution < 1.29 is 28.7 Å². The van der Waals surface area contributed by atoms with Crippen molar-refractivity contribution in [3.05, 3.63) is 35.4 Å². The van der Waals surface area contributed by atoms with E-state index < -0.39 is 22.6 Å². The van der Waals surface area contributed by atoms with Crippen LogP contribution < -0.4 is 0 Å². The molecule has 5 N–H and O–H groups in total. The van der Waals surface area contributed by atoms with Crippen LogP contribution in [0.25, 0.3) is 10.8 Å². The summed E-state index contributed by atoms with van der Waals surface area (Å²) in [6, 6.07) is 5.55. The van der Waals surface area contributed by atoms with E-state index in [2.05, 4.69) is 0 Å². The summed E-state index contributed by atoms with van der Waals surface area (Å²) < 4.78 is 28.1. The normalized spacial score (nSPS) is 12.6. The molecule has 2 aromatic carbocycles. The SMILES string of the molecule is Cc1c(O)c(C(=O)O)cc2cccc(S(O)(O)O)c12. The molecular formula is C12H12O6S. The standard InChI is InChI=1S/C12H12O6S/c1-6-10-7(5-8(11(6)13)12(14)15)3-2-4-9(10)19(16,17)18/h2-5,13,16-18H,1H3,(H,14,15). The minimum atomic E-state index is -3.96. The molecule has 0 unspecified atom stereocenters. The maximum Gasteiger partial charge on any atom is 0.339 e. The number of phenols is 1. The van der Waals surface area contributed by atoms with Gasteiger partial charge in [0.25, 0.3) is 0 Å². The Morgan fingerprint density at radius 1 is 1.21 bits per heavy atom. The van der Waals surface area contributed by atoms with Crippen molar-refractivity contribution >= 4 is 27.6 Å². The van der Waals surface area contributed by atoms with Gasteiger partial charge in [-0.05, 0) is 24.4 Å². The largest absolute Gasteiger partial charge is 0.507 e. The van der Waals surface area contributed by atoms with Gasteiger partial charge in [-0.2, -0.15) is 0 Å². The number of fused-ring (bicyclic) bond motifs is 1. The molecule has 0 spiro atoms. The number of rotatable bonds is 2. The zero-order valence-electron chi connectivity index (χ0n) is 9.86. The second-order valence-corrected chi connectivity index (χ2v) is 5.55. The van der Waals surface area contributed by atoms with E-state index in [0.29, 0.717) is 5.39 Å². The first-order valence-electron chi connectivity index (χ1n) is 5.22. The summed E-state index contributed by atoms with van der Waals surface area (Å²) in [7, 11) is -3.96. The number of benzene rings is 2. The fourth-order valence-electron chi connectivity index (χ4n) is 2.01. The number of hydrogen-bond acceptors (Lipinski definition) is 5. The Bertz CT molecular complexity index is 674. The average molecular weight is 284 g/mol. The molecule has 0 aliphatic rings. The van der Waals surface area contributed by atoms with Gasteiger partial charge in [0.1, 0.15) is 22.2 Å². The third-order valence-electron chi connectivity index (χ3n) is 2.87. The van der Waals surface area contributed by atoms with Crippen LogP contribution in [-0.4, -0.2) is 29.8 Å². The van der Waals surface area contributed by atoms with Gasteiger partial charge in [0.2, 0.25) is 0 Å². The van der Waals surface area contributed by atoms with E-state index in [4.69, 9.17) is 5.11 Å². The highest BCUT2D eigenvalue weighted by atomic mass is 32.3. The molecule has 0 fully saturated rings. The Hall–Kier alpha value is -1.80. The summed E-state index contributed by atoms with van der Waals surface area (Å²) in [5.41, 5.74) is -0.115. The van der Waals surface area contributed by atoms with Crippen molar-refractivity contribution in [2.45, 2.75) is 11.8 Å². The van der Waals surface area contributed by atoms with E-state index in [1.807, 2.05) is 0 Å². The molecule has 0 bridgehead atoms. The highest BCUT2D eigenvalue weighted by molar-refractivity contribution is 8.19. The van der Waals surface area contributed by atoms with Crippen molar-refractivity contribution in [1.82, 2.24) is 0 Å². The van der Waals surface area contributed by atoms with Crippen LogP contribution in [0.1, 0.15) is 15.9 Å². The first-order valence-corrected chi connectivity index (χ1v) is 6.73. The van der Waals surface area contributed by atoms with E-state index in [0.717, 1.165) is 0 Å². The van der Waals surface area contributed by atoms with Gasteiger partial charge in [-0.3, -0.25) is 0 Å². The van der Waals surface area contributed by atoms with Gasteiger partial charge in [0.05, 0.1) is 4.90 Å². The Morgan fingerprint density at radius 3 is 2.37 bits per heavy atom. The quantitative estimate of drug-likeness (QED) is 0.578. The fourth-order valence-corrected chi connectivity index (χ4v) is 2.81. The highest BCUT2D eigenvalue weighted by Crippen LogP contribution is 2.49. The molecule has 2 rings (SSSR count). The Labute approximate surface area is 110 Å². The summed E-state index contributed by atoms with van der Waals surface area (Å²) in [6.07, 6.45) is 0. The van der Waals surface area contributed by atoms with E-state index in [1.165, 1.54) is 25.1 Å². The minimum Gasteiger partial charge on any atom is -0.507 e. The predicted octanol–water partition coefficient (Wildman–Crippen LogP) is 3.13. The van der Waals surface area contributed by atoms with Gasteiger partial charge in [0, 0.05) is 10.9 Å². The third kappa shape index (κ3) is 2.24. The monoisotopic (exact) mass is 284 g/mol.